The molecule has 100 valence electrons. The molecule has 3 rings (SSSR count). The number of benzene rings is 1. The molecule has 0 aliphatic carbocycles. The van der Waals surface area contributed by atoms with Crippen LogP contribution in [0.2, 0.25) is 0 Å². The van der Waals surface area contributed by atoms with Gasteiger partial charge in [-0.3, -0.25) is 4.90 Å². The number of piperidine rings is 1. The number of hydrogen-bond acceptors (Lipinski definition) is 3. The molecule has 1 unspecified atom stereocenters. The Balaban J connectivity index is 1.54. The van der Waals surface area contributed by atoms with Crippen LogP contribution in [-0.4, -0.2) is 30.6 Å². The Bertz CT molecular complexity index is 473. The van der Waals surface area contributed by atoms with Crippen molar-refractivity contribution in [1.29, 1.82) is 5.26 Å². The highest BCUT2D eigenvalue weighted by atomic mass is 16.5. The second kappa shape index (κ2) is 4.86. The predicted octanol–water partition coefficient (Wildman–Crippen LogP) is 2.62. The Kier molecular flexibility index (Phi) is 3.20. The number of nitriles is 1. The Morgan fingerprint density at radius 1 is 1.37 bits per heavy atom. The lowest BCUT2D eigenvalue weighted by Gasteiger charge is -2.35. The summed E-state index contributed by atoms with van der Waals surface area (Å²) in [6, 6.07) is 10.8. The van der Waals surface area contributed by atoms with Gasteiger partial charge in [0.15, 0.2) is 0 Å². The van der Waals surface area contributed by atoms with Crippen LogP contribution in [0.3, 0.4) is 0 Å². The molecule has 1 aromatic rings. The van der Waals surface area contributed by atoms with Gasteiger partial charge in [0.25, 0.3) is 0 Å². The molecule has 3 nitrogen and oxygen atoms in total. The van der Waals surface area contributed by atoms with Crippen molar-refractivity contribution in [3.05, 3.63) is 29.8 Å². The average molecular weight is 256 g/mol. The molecule has 0 spiro atoms. The van der Waals surface area contributed by atoms with E-state index in [0.29, 0.717) is 0 Å². The molecule has 3 heteroatoms. The third-order valence-electron chi connectivity index (χ3n) is 4.41. The minimum absolute atomic E-state index is 0.115. The summed E-state index contributed by atoms with van der Waals surface area (Å²) in [5.41, 5.74) is 1.21. The van der Waals surface area contributed by atoms with Gasteiger partial charge in [0, 0.05) is 13.0 Å². The van der Waals surface area contributed by atoms with Gasteiger partial charge in [0.2, 0.25) is 0 Å². The van der Waals surface area contributed by atoms with Gasteiger partial charge in [-0.05, 0) is 44.5 Å². The summed E-state index contributed by atoms with van der Waals surface area (Å²) in [7, 11) is 0. The van der Waals surface area contributed by atoms with E-state index in [4.69, 9.17) is 10.00 Å². The smallest absolute Gasteiger partial charge is 0.123 e. The molecule has 0 N–H and O–H groups in total. The Morgan fingerprint density at radius 2 is 2.11 bits per heavy atom. The molecule has 0 saturated carbocycles. The Labute approximate surface area is 114 Å². The molecule has 0 radical (unpaired) electrons. The van der Waals surface area contributed by atoms with Crippen LogP contribution in [0.4, 0.5) is 0 Å². The summed E-state index contributed by atoms with van der Waals surface area (Å²) in [5, 5.41) is 9.15. The van der Waals surface area contributed by atoms with Gasteiger partial charge in [-0.25, -0.2) is 0 Å². The summed E-state index contributed by atoms with van der Waals surface area (Å²) in [5.74, 6) is 1.05. The molecule has 0 amide bonds. The van der Waals surface area contributed by atoms with E-state index in [0.717, 1.165) is 44.6 Å². The molecule has 1 atom stereocenters. The fourth-order valence-electron chi connectivity index (χ4n) is 2.98. The molecular weight excluding hydrogens is 236 g/mol. The van der Waals surface area contributed by atoms with Crippen molar-refractivity contribution in [1.82, 2.24) is 4.90 Å². The second-order valence-electron chi connectivity index (χ2n) is 6.02. The van der Waals surface area contributed by atoms with Crippen molar-refractivity contribution < 1.29 is 4.74 Å². The summed E-state index contributed by atoms with van der Waals surface area (Å²) < 4.78 is 5.98. The van der Waals surface area contributed by atoms with Gasteiger partial charge in [-0.15, -0.1) is 0 Å². The molecular formula is C16H20N2O. The number of hydrogen-bond donors (Lipinski definition) is 0. The number of nitrogens with zero attached hydrogens (tertiary/aromatic N) is 2. The first-order chi connectivity index (χ1) is 9.18. The highest BCUT2D eigenvalue weighted by Gasteiger charge is 2.32. The van der Waals surface area contributed by atoms with E-state index in [-0.39, 0.29) is 11.5 Å². The van der Waals surface area contributed by atoms with Crippen LogP contribution in [0.5, 0.6) is 5.75 Å². The molecule has 2 heterocycles. The monoisotopic (exact) mass is 256 g/mol. The lowest BCUT2D eigenvalue weighted by atomic mass is 9.82. The highest BCUT2D eigenvalue weighted by Crippen LogP contribution is 2.32. The van der Waals surface area contributed by atoms with Crippen molar-refractivity contribution in [3.63, 3.8) is 0 Å². The molecule has 19 heavy (non-hydrogen) atoms. The maximum Gasteiger partial charge on any atom is 0.123 e. The Morgan fingerprint density at radius 3 is 2.79 bits per heavy atom. The average Bonchev–Trinajstić information content (AvgIpc) is 2.84. The zero-order chi connectivity index (χ0) is 13.3. The number of ether oxygens (including phenoxy) is 1. The van der Waals surface area contributed by atoms with Gasteiger partial charge in [0.1, 0.15) is 11.9 Å². The molecule has 2 aliphatic rings. The topological polar surface area (TPSA) is 36.3 Å². The zero-order valence-electron chi connectivity index (χ0n) is 11.4. The van der Waals surface area contributed by atoms with E-state index in [1.165, 1.54) is 5.56 Å². The first-order valence-electron chi connectivity index (χ1n) is 7.07. The van der Waals surface area contributed by atoms with E-state index in [1.54, 1.807) is 0 Å². The van der Waals surface area contributed by atoms with Crippen molar-refractivity contribution in [3.8, 4) is 11.8 Å². The maximum atomic E-state index is 9.15. The minimum atomic E-state index is -0.115. The fourth-order valence-corrected chi connectivity index (χ4v) is 2.98. The second-order valence-corrected chi connectivity index (χ2v) is 6.02. The largest absolute Gasteiger partial charge is 0.488 e. The number of para-hydroxylation sites is 1. The minimum Gasteiger partial charge on any atom is -0.488 e. The van der Waals surface area contributed by atoms with E-state index >= 15 is 0 Å². The van der Waals surface area contributed by atoms with Crippen molar-refractivity contribution >= 4 is 0 Å². The predicted molar refractivity (Wildman–Crippen MR) is 74.0 cm³/mol. The lowest BCUT2D eigenvalue weighted by molar-refractivity contribution is 0.103. The van der Waals surface area contributed by atoms with Gasteiger partial charge in [-0.1, -0.05) is 18.2 Å². The summed E-state index contributed by atoms with van der Waals surface area (Å²) in [6.45, 7) is 5.09. The lowest BCUT2D eigenvalue weighted by Crippen LogP contribution is -2.42. The van der Waals surface area contributed by atoms with E-state index in [1.807, 2.05) is 6.07 Å². The van der Waals surface area contributed by atoms with E-state index in [9.17, 15) is 0 Å². The van der Waals surface area contributed by atoms with Crippen LogP contribution in [0.15, 0.2) is 24.3 Å². The van der Waals surface area contributed by atoms with Crippen LogP contribution in [0.1, 0.15) is 25.3 Å². The van der Waals surface area contributed by atoms with Crippen molar-refractivity contribution in [2.45, 2.75) is 32.3 Å². The highest BCUT2D eigenvalue weighted by molar-refractivity contribution is 5.37. The summed E-state index contributed by atoms with van der Waals surface area (Å²) in [6.07, 6.45) is 3.25. The Hall–Kier alpha value is -1.53. The molecule has 2 aliphatic heterocycles. The molecule has 0 aromatic heterocycles. The van der Waals surface area contributed by atoms with Crippen molar-refractivity contribution in [2.75, 3.05) is 19.6 Å². The van der Waals surface area contributed by atoms with Crippen LogP contribution in [-0.2, 0) is 6.42 Å². The SMILES string of the molecule is CC1(C#N)CCN(CC2Cc3ccccc3O2)CC1. The third kappa shape index (κ3) is 2.59. The number of likely N-dealkylation sites (tertiary alicyclic amines) is 1. The quantitative estimate of drug-likeness (QED) is 0.816. The van der Waals surface area contributed by atoms with E-state index < -0.39 is 0 Å². The van der Waals surface area contributed by atoms with Gasteiger partial charge >= 0.3 is 0 Å². The normalized spacial score (nSPS) is 25.4. The molecule has 1 aromatic carbocycles. The standard InChI is InChI=1S/C16H20N2O/c1-16(12-17)6-8-18(9-7-16)11-14-10-13-4-2-3-5-15(13)19-14/h2-5,14H,6-11H2,1H3. The number of rotatable bonds is 2. The van der Waals surface area contributed by atoms with Gasteiger partial charge in [0.05, 0.1) is 11.5 Å². The third-order valence-corrected chi connectivity index (χ3v) is 4.41. The van der Waals surface area contributed by atoms with Crippen molar-refractivity contribution in [2.24, 2.45) is 5.41 Å². The first-order valence-corrected chi connectivity index (χ1v) is 7.07. The summed E-state index contributed by atoms with van der Waals surface area (Å²) >= 11 is 0. The van der Waals surface area contributed by atoms with E-state index in [2.05, 4.69) is 36.1 Å². The molecule has 0 bridgehead atoms. The van der Waals surface area contributed by atoms with Crippen LogP contribution < -0.4 is 4.74 Å². The zero-order valence-corrected chi connectivity index (χ0v) is 11.4. The first kappa shape index (κ1) is 12.5. The maximum absolute atomic E-state index is 9.15. The van der Waals surface area contributed by atoms with Crippen LogP contribution in [0.25, 0.3) is 0 Å². The molecule has 1 fully saturated rings. The summed E-state index contributed by atoms with van der Waals surface area (Å²) in [4.78, 5) is 2.44. The fraction of sp³-hybridized carbons (Fsp3) is 0.562. The van der Waals surface area contributed by atoms with Gasteiger partial charge < -0.3 is 4.74 Å². The van der Waals surface area contributed by atoms with Crippen LogP contribution in [0, 0.1) is 16.7 Å². The van der Waals surface area contributed by atoms with Crippen LogP contribution >= 0.6 is 0 Å². The number of fused-ring (bicyclic) bond motifs is 1. The van der Waals surface area contributed by atoms with Gasteiger partial charge in [-0.2, -0.15) is 5.26 Å². The molecule has 1 saturated heterocycles.